The molecule has 2 aromatic carbocycles. The van der Waals surface area contributed by atoms with Gasteiger partial charge in [0.2, 0.25) is 0 Å². The Kier molecular flexibility index (Phi) is 3.70. The molecule has 0 aliphatic heterocycles. The van der Waals surface area contributed by atoms with Crippen molar-refractivity contribution in [1.29, 1.82) is 0 Å². The highest BCUT2D eigenvalue weighted by Crippen LogP contribution is 2.30. The Morgan fingerprint density at radius 3 is 2.58 bits per heavy atom. The standard InChI is InChI=1S/C19H13FN2OS/c20-15-9-5-4-8-14(15)11-22-12-21-16-10-17(24-18(16)19(22)23)13-6-2-1-3-7-13/h1-10,12H,11H2. The van der Waals surface area contributed by atoms with E-state index in [0.29, 0.717) is 15.8 Å². The molecule has 0 radical (unpaired) electrons. The highest BCUT2D eigenvalue weighted by Gasteiger charge is 2.11. The average Bonchev–Trinajstić information content (AvgIpc) is 3.05. The maximum Gasteiger partial charge on any atom is 0.271 e. The minimum atomic E-state index is -0.319. The molecule has 0 N–H and O–H groups in total. The van der Waals surface area contributed by atoms with Crippen LogP contribution in [0.25, 0.3) is 20.7 Å². The van der Waals surface area contributed by atoms with Crippen LogP contribution in [0.5, 0.6) is 0 Å². The summed E-state index contributed by atoms with van der Waals surface area (Å²) in [5.41, 5.74) is 2.06. The van der Waals surface area contributed by atoms with Gasteiger partial charge in [-0.3, -0.25) is 9.36 Å². The van der Waals surface area contributed by atoms with Gasteiger partial charge >= 0.3 is 0 Å². The van der Waals surface area contributed by atoms with E-state index in [1.165, 1.54) is 28.3 Å². The molecule has 0 bridgehead atoms. The van der Waals surface area contributed by atoms with Crippen molar-refractivity contribution < 1.29 is 4.39 Å². The molecule has 0 saturated carbocycles. The quantitative estimate of drug-likeness (QED) is 0.559. The van der Waals surface area contributed by atoms with Gasteiger partial charge in [0, 0.05) is 10.4 Å². The topological polar surface area (TPSA) is 34.9 Å². The lowest BCUT2D eigenvalue weighted by Crippen LogP contribution is -2.20. The Labute approximate surface area is 141 Å². The fourth-order valence-electron chi connectivity index (χ4n) is 2.61. The molecule has 24 heavy (non-hydrogen) atoms. The van der Waals surface area contributed by atoms with Gasteiger partial charge in [-0.05, 0) is 17.7 Å². The largest absolute Gasteiger partial charge is 0.293 e. The Morgan fingerprint density at radius 2 is 1.79 bits per heavy atom. The second-order valence-electron chi connectivity index (χ2n) is 5.46. The summed E-state index contributed by atoms with van der Waals surface area (Å²) in [6, 6.07) is 18.3. The number of nitrogens with zero attached hydrogens (tertiary/aromatic N) is 2. The van der Waals surface area contributed by atoms with E-state index in [2.05, 4.69) is 4.98 Å². The minimum Gasteiger partial charge on any atom is -0.293 e. The molecule has 2 heterocycles. The summed E-state index contributed by atoms with van der Waals surface area (Å²) in [7, 11) is 0. The Morgan fingerprint density at radius 1 is 1.04 bits per heavy atom. The lowest BCUT2D eigenvalue weighted by atomic mass is 10.2. The lowest BCUT2D eigenvalue weighted by Gasteiger charge is -2.06. The second-order valence-corrected chi connectivity index (χ2v) is 6.51. The number of fused-ring (bicyclic) bond motifs is 1. The first-order valence-electron chi connectivity index (χ1n) is 7.50. The van der Waals surface area contributed by atoms with Crippen LogP contribution in [0.15, 0.2) is 71.8 Å². The van der Waals surface area contributed by atoms with Gasteiger partial charge in [-0.15, -0.1) is 11.3 Å². The summed E-state index contributed by atoms with van der Waals surface area (Å²) in [6.45, 7) is 0.174. The molecule has 4 rings (SSSR count). The summed E-state index contributed by atoms with van der Waals surface area (Å²) in [4.78, 5) is 18.1. The van der Waals surface area contributed by atoms with Gasteiger partial charge in [-0.2, -0.15) is 0 Å². The molecule has 118 valence electrons. The molecule has 0 atom stereocenters. The molecule has 0 unspecified atom stereocenters. The van der Waals surface area contributed by atoms with E-state index in [1.54, 1.807) is 18.2 Å². The normalized spacial score (nSPS) is 11.0. The van der Waals surface area contributed by atoms with Crippen LogP contribution in [0, 0.1) is 5.82 Å². The summed E-state index contributed by atoms with van der Waals surface area (Å²) in [5.74, 6) is -0.319. The average molecular weight is 336 g/mol. The van der Waals surface area contributed by atoms with Crippen LogP contribution in [-0.2, 0) is 6.54 Å². The summed E-state index contributed by atoms with van der Waals surface area (Å²) in [5, 5.41) is 0. The smallest absolute Gasteiger partial charge is 0.271 e. The molecular weight excluding hydrogens is 323 g/mol. The summed E-state index contributed by atoms with van der Waals surface area (Å²) < 4.78 is 15.9. The van der Waals surface area contributed by atoms with E-state index >= 15 is 0 Å². The Balaban J connectivity index is 1.78. The predicted octanol–water partition coefficient (Wildman–Crippen LogP) is 4.31. The van der Waals surface area contributed by atoms with Gasteiger partial charge in [0.05, 0.1) is 18.4 Å². The van der Waals surface area contributed by atoms with E-state index in [4.69, 9.17) is 0 Å². The van der Waals surface area contributed by atoms with Gasteiger partial charge in [-0.1, -0.05) is 48.5 Å². The monoisotopic (exact) mass is 336 g/mol. The third-order valence-corrected chi connectivity index (χ3v) is 5.02. The van der Waals surface area contributed by atoms with Crippen LogP contribution in [-0.4, -0.2) is 9.55 Å². The lowest BCUT2D eigenvalue weighted by molar-refractivity contribution is 0.595. The molecule has 0 fully saturated rings. The molecule has 2 aromatic heterocycles. The van der Waals surface area contributed by atoms with Gasteiger partial charge in [0.15, 0.2) is 0 Å². The van der Waals surface area contributed by atoms with Crippen molar-refractivity contribution in [3.05, 3.63) is 88.7 Å². The van der Waals surface area contributed by atoms with Gasteiger partial charge in [0.1, 0.15) is 10.5 Å². The van der Waals surface area contributed by atoms with Crippen molar-refractivity contribution in [2.45, 2.75) is 6.54 Å². The maximum absolute atomic E-state index is 13.8. The number of thiophene rings is 1. The highest BCUT2D eigenvalue weighted by molar-refractivity contribution is 7.22. The first kappa shape index (κ1) is 14.8. The Hall–Kier alpha value is -2.79. The van der Waals surface area contributed by atoms with Gasteiger partial charge in [-0.25, -0.2) is 9.37 Å². The van der Waals surface area contributed by atoms with Crippen LogP contribution in [0.1, 0.15) is 5.56 Å². The van der Waals surface area contributed by atoms with Crippen molar-refractivity contribution in [2.75, 3.05) is 0 Å². The van der Waals surface area contributed by atoms with Crippen LogP contribution in [0.2, 0.25) is 0 Å². The molecular formula is C19H13FN2OS. The molecule has 0 aliphatic carbocycles. The molecule has 0 saturated heterocycles. The fraction of sp³-hybridized carbons (Fsp3) is 0.0526. The van der Waals surface area contributed by atoms with E-state index in [0.717, 1.165) is 10.4 Å². The van der Waals surface area contributed by atoms with Crippen molar-refractivity contribution in [3.8, 4) is 10.4 Å². The first-order chi connectivity index (χ1) is 11.7. The number of hydrogen-bond donors (Lipinski definition) is 0. The molecule has 0 amide bonds. The highest BCUT2D eigenvalue weighted by atomic mass is 32.1. The zero-order valence-corrected chi connectivity index (χ0v) is 13.5. The number of halogens is 1. The van der Waals surface area contributed by atoms with E-state index in [1.807, 2.05) is 36.4 Å². The van der Waals surface area contributed by atoms with Crippen molar-refractivity contribution in [2.24, 2.45) is 0 Å². The molecule has 5 heteroatoms. The zero-order chi connectivity index (χ0) is 16.5. The second kappa shape index (κ2) is 6.02. The SMILES string of the molecule is O=c1c2sc(-c3ccccc3)cc2ncn1Cc1ccccc1F. The van der Waals surface area contributed by atoms with E-state index in [-0.39, 0.29) is 17.9 Å². The van der Waals surface area contributed by atoms with Crippen LogP contribution < -0.4 is 5.56 Å². The minimum absolute atomic E-state index is 0.143. The first-order valence-corrected chi connectivity index (χ1v) is 8.32. The van der Waals surface area contributed by atoms with Gasteiger partial charge < -0.3 is 0 Å². The van der Waals surface area contributed by atoms with Crippen LogP contribution in [0.3, 0.4) is 0 Å². The maximum atomic E-state index is 13.8. The van der Waals surface area contributed by atoms with Crippen molar-refractivity contribution >= 4 is 21.6 Å². The summed E-state index contributed by atoms with van der Waals surface area (Å²) >= 11 is 1.42. The zero-order valence-electron chi connectivity index (χ0n) is 12.6. The number of rotatable bonds is 3. The molecule has 4 aromatic rings. The van der Waals surface area contributed by atoms with Crippen LogP contribution in [0.4, 0.5) is 4.39 Å². The van der Waals surface area contributed by atoms with Crippen molar-refractivity contribution in [1.82, 2.24) is 9.55 Å². The molecule has 0 spiro atoms. The summed E-state index contributed by atoms with van der Waals surface area (Å²) in [6.07, 6.45) is 1.48. The molecule has 0 aliphatic rings. The Bertz CT molecular complexity index is 1070. The number of hydrogen-bond acceptors (Lipinski definition) is 3. The fourth-order valence-corrected chi connectivity index (χ4v) is 3.68. The molecule has 3 nitrogen and oxygen atoms in total. The van der Waals surface area contributed by atoms with E-state index < -0.39 is 0 Å². The van der Waals surface area contributed by atoms with Crippen molar-refractivity contribution in [3.63, 3.8) is 0 Å². The third kappa shape index (κ3) is 2.63. The third-order valence-electron chi connectivity index (χ3n) is 3.86. The number of benzene rings is 2. The predicted molar refractivity (Wildman–Crippen MR) is 94.8 cm³/mol. The van der Waals surface area contributed by atoms with E-state index in [9.17, 15) is 9.18 Å². The number of aromatic nitrogens is 2. The van der Waals surface area contributed by atoms with Gasteiger partial charge in [0.25, 0.3) is 5.56 Å². The van der Waals surface area contributed by atoms with Crippen LogP contribution >= 0.6 is 11.3 Å².